The van der Waals surface area contributed by atoms with Crippen LogP contribution in [0.4, 0.5) is 0 Å². The Kier molecular flexibility index (Phi) is 7.52. The average molecular weight is 771 g/mol. The Bertz CT molecular complexity index is 1780. The van der Waals surface area contributed by atoms with Crippen molar-refractivity contribution in [3.05, 3.63) is 129 Å². The zero-order valence-electron chi connectivity index (χ0n) is 29.8. The maximum absolute atomic E-state index is 3.12. The molecule has 0 spiro atoms. The summed E-state index contributed by atoms with van der Waals surface area (Å²) in [6.45, 7) is 18.9. The topological polar surface area (TPSA) is 0 Å². The first kappa shape index (κ1) is 31.8. The fourth-order valence-corrected chi connectivity index (χ4v) is 26.7. The Balaban J connectivity index is 1.42. The number of allylic oxidation sites excluding steroid dienone is 2. The molecule has 1 fully saturated rings. The molecule has 2 atom stereocenters. The molecule has 236 valence electrons. The van der Waals surface area contributed by atoms with Gasteiger partial charge in [0.15, 0.2) is 0 Å². The quantitative estimate of drug-likeness (QED) is 0.181. The van der Waals surface area contributed by atoms with Crippen LogP contribution in [0.2, 0.25) is 9.36 Å². The fraction of sp³-hybridized carbons (Fsp3) is 0.378. The summed E-state index contributed by atoms with van der Waals surface area (Å²) in [6, 6.07) is 33.1. The minimum absolute atomic E-state index is 0.0622. The van der Waals surface area contributed by atoms with Crippen molar-refractivity contribution in [2.75, 3.05) is 0 Å². The van der Waals surface area contributed by atoms with Gasteiger partial charge in [-0.3, -0.25) is 0 Å². The number of hydrogen-bond acceptors (Lipinski definition) is 0. The minimum atomic E-state index is -3.12. The van der Waals surface area contributed by atoms with E-state index in [-0.39, 0.29) is 16.2 Å². The summed E-state index contributed by atoms with van der Waals surface area (Å²) in [5.41, 5.74) is 18.3. The van der Waals surface area contributed by atoms with E-state index in [1.807, 2.05) is 0 Å². The first-order valence-electron chi connectivity index (χ1n) is 17.6. The molecule has 1 heterocycles. The monoisotopic (exact) mass is 772 g/mol. The second-order valence-corrected chi connectivity index (χ2v) is 34.5. The van der Waals surface area contributed by atoms with Gasteiger partial charge in [-0.25, -0.2) is 0 Å². The molecule has 4 aromatic carbocycles. The molecular weight excluding hydrogens is 719 g/mol. The van der Waals surface area contributed by atoms with Crippen LogP contribution in [0.15, 0.2) is 96.1 Å². The number of fused-ring (bicyclic) bond motifs is 6. The van der Waals surface area contributed by atoms with E-state index in [4.69, 9.17) is 0 Å². The fourth-order valence-electron chi connectivity index (χ4n) is 9.30. The van der Waals surface area contributed by atoms with Crippen molar-refractivity contribution in [1.29, 1.82) is 0 Å². The normalized spacial score (nSPS) is 22.8. The van der Waals surface area contributed by atoms with E-state index in [0.717, 1.165) is 0 Å². The molecule has 7 rings (SSSR count). The van der Waals surface area contributed by atoms with E-state index in [2.05, 4.69) is 162 Å². The van der Waals surface area contributed by atoms with Gasteiger partial charge >= 0.3 is 285 Å². The van der Waals surface area contributed by atoms with Gasteiger partial charge in [-0.1, -0.05) is 0 Å². The number of benzene rings is 4. The van der Waals surface area contributed by atoms with E-state index in [9.17, 15) is 0 Å². The van der Waals surface area contributed by atoms with Crippen molar-refractivity contribution in [3.63, 3.8) is 0 Å². The zero-order chi connectivity index (χ0) is 32.8. The van der Waals surface area contributed by atoms with Crippen LogP contribution in [-0.4, -0.2) is 0 Å². The van der Waals surface area contributed by atoms with Crippen molar-refractivity contribution < 1.29 is 20.0 Å². The summed E-state index contributed by atoms with van der Waals surface area (Å²) in [5.74, 6) is 0. The van der Waals surface area contributed by atoms with Crippen molar-refractivity contribution in [2.24, 2.45) is 5.41 Å². The van der Waals surface area contributed by atoms with E-state index in [1.54, 1.807) is 22.3 Å². The SMILES string of the molecule is CCCC1(C)C2=Cc3c(-c4cccc(C(C)(C)C)c4)cccc3[CH]2[Hf]([CH3])([CH3])[CH]2C1=Cc1c(-c3cccc(C(C)(C)C)c3)cccc12. The Morgan fingerprint density at radius 1 is 0.609 bits per heavy atom. The first-order valence-corrected chi connectivity index (χ1v) is 28.9. The van der Waals surface area contributed by atoms with Crippen LogP contribution < -0.4 is 0 Å². The number of hydrogen-bond donors (Lipinski definition) is 0. The zero-order valence-corrected chi connectivity index (χ0v) is 33.4. The van der Waals surface area contributed by atoms with Gasteiger partial charge in [0.05, 0.1) is 0 Å². The van der Waals surface area contributed by atoms with Crippen molar-refractivity contribution in [1.82, 2.24) is 0 Å². The molecule has 0 amide bonds. The second kappa shape index (κ2) is 10.9. The molecule has 46 heavy (non-hydrogen) atoms. The van der Waals surface area contributed by atoms with Crippen molar-refractivity contribution in [2.45, 2.75) is 95.8 Å². The van der Waals surface area contributed by atoms with Gasteiger partial charge in [0.1, 0.15) is 0 Å². The van der Waals surface area contributed by atoms with Gasteiger partial charge < -0.3 is 0 Å². The van der Waals surface area contributed by atoms with Crippen LogP contribution in [0.5, 0.6) is 0 Å². The molecule has 4 aromatic rings. The maximum atomic E-state index is 2.78. The predicted octanol–water partition coefficient (Wildman–Crippen LogP) is 13.3. The molecule has 0 bridgehead atoms. The Morgan fingerprint density at radius 2 is 1.02 bits per heavy atom. The third kappa shape index (κ3) is 4.86. The van der Waals surface area contributed by atoms with Crippen molar-refractivity contribution >= 4 is 12.2 Å². The summed E-state index contributed by atoms with van der Waals surface area (Å²) in [6.07, 6.45) is 7.76. The molecule has 2 aliphatic carbocycles. The van der Waals surface area contributed by atoms with Crippen LogP contribution in [0.1, 0.15) is 109 Å². The summed E-state index contributed by atoms with van der Waals surface area (Å²) < 4.78 is 6.76. The third-order valence-corrected chi connectivity index (χ3v) is 26.9. The van der Waals surface area contributed by atoms with Crippen LogP contribution in [0, 0.1) is 5.41 Å². The Morgan fingerprint density at radius 3 is 1.41 bits per heavy atom. The van der Waals surface area contributed by atoms with E-state index >= 15 is 0 Å². The van der Waals surface area contributed by atoms with Gasteiger partial charge in [-0.2, -0.15) is 0 Å². The van der Waals surface area contributed by atoms with Crippen LogP contribution in [0.25, 0.3) is 34.4 Å². The van der Waals surface area contributed by atoms with Gasteiger partial charge in [0.2, 0.25) is 0 Å². The number of rotatable bonds is 4. The molecule has 0 saturated carbocycles. The van der Waals surface area contributed by atoms with Crippen LogP contribution in [0.3, 0.4) is 0 Å². The second-order valence-electron chi connectivity index (χ2n) is 17.2. The van der Waals surface area contributed by atoms with Gasteiger partial charge in [0, 0.05) is 0 Å². The van der Waals surface area contributed by atoms with E-state index in [1.165, 1.54) is 57.3 Å². The molecule has 1 heteroatoms. The summed E-state index contributed by atoms with van der Waals surface area (Å²) in [7, 11) is 0. The summed E-state index contributed by atoms with van der Waals surface area (Å²) >= 11 is -3.12. The van der Waals surface area contributed by atoms with Gasteiger partial charge in [0.25, 0.3) is 0 Å². The summed E-state index contributed by atoms with van der Waals surface area (Å²) in [4.78, 5) is 0. The van der Waals surface area contributed by atoms with E-state index in [0.29, 0.717) is 7.35 Å². The molecule has 0 radical (unpaired) electrons. The van der Waals surface area contributed by atoms with E-state index < -0.39 is 20.0 Å². The molecular formula is C45H52Hf. The molecule has 1 saturated heterocycles. The molecule has 2 unspecified atom stereocenters. The molecule has 3 aliphatic rings. The Labute approximate surface area is 283 Å². The summed E-state index contributed by atoms with van der Waals surface area (Å²) in [5, 5.41) is 0. The molecule has 0 aromatic heterocycles. The average Bonchev–Trinajstić information content (AvgIpc) is 3.61. The standard InChI is InChI=1S/C43H46.2CH3.Hf/c1-9-22-43(8,35-25-31-16-12-20-37(39(31)27-35)29-14-10-18-33(23-29)41(2,3)4)36-26-32-17-13-21-38(40(32)28-36)30-15-11-19-34(24-30)42(5,6)7;;;/h10-21,23-28H,9,22H2,1-8H3;2*1H3;. The molecule has 0 N–H and O–H groups in total. The Hall–Kier alpha value is -2.77. The van der Waals surface area contributed by atoms with Gasteiger partial charge in [-0.05, 0) is 0 Å². The van der Waals surface area contributed by atoms with Crippen molar-refractivity contribution in [3.8, 4) is 22.3 Å². The predicted molar refractivity (Wildman–Crippen MR) is 197 cm³/mol. The molecule has 1 aliphatic heterocycles. The van der Waals surface area contributed by atoms with Gasteiger partial charge in [-0.15, -0.1) is 0 Å². The first-order chi connectivity index (χ1) is 21.7. The van der Waals surface area contributed by atoms with Crippen LogP contribution >= 0.6 is 0 Å². The van der Waals surface area contributed by atoms with Crippen LogP contribution in [-0.2, 0) is 30.8 Å². The third-order valence-electron chi connectivity index (χ3n) is 11.7. The molecule has 0 nitrogen and oxygen atoms in total.